The molecule has 0 aliphatic heterocycles. The van der Waals surface area contributed by atoms with Crippen molar-refractivity contribution >= 4 is 0 Å². The van der Waals surface area contributed by atoms with Gasteiger partial charge in [-0.3, -0.25) is 0 Å². The van der Waals surface area contributed by atoms with Crippen molar-refractivity contribution in [3.8, 4) is 0 Å². The van der Waals surface area contributed by atoms with Gasteiger partial charge < -0.3 is 5.32 Å². The van der Waals surface area contributed by atoms with Crippen LogP contribution in [0.4, 0.5) is 0 Å². The fourth-order valence-electron chi connectivity index (χ4n) is 3.52. The minimum Gasteiger partial charge on any atom is -0.307 e. The summed E-state index contributed by atoms with van der Waals surface area (Å²) in [5.41, 5.74) is 2.85. The normalized spacial score (nSPS) is 28.5. The Kier molecular flexibility index (Phi) is 5.04. The zero-order valence-corrected chi connectivity index (χ0v) is 12.9. The van der Waals surface area contributed by atoms with Crippen molar-refractivity contribution < 1.29 is 0 Å². The molecule has 4 unspecified atom stereocenters. The lowest BCUT2D eigenvalue weighted by Gasteiger charge is -2.25. The van der Waals surface area contributed by atoms with Crippen molar-refractivity contribution in [3.63, 3.8) is 0 Å². The highest BCUT2D eigenvalue weighted by molar-refractivity contribution is 5.24. The van der Waals surface area contributed by atoms with Gasteiger partial charge in [0.25, 0.3) is 0 Å². The SMILES string of the molecule is CCc1ccc(C(C)NC2CCC(CC)C2C)cc1. The van der Waals surface area contributed by atoms with Crippen LogP contribution >= 0.6 is 0 Å². The Morgan fingerprint density at radius 3 is 2.37 bits per heavy atom. The van der Waals surface area contributed by atoms with Crippen LogP contribution in [0.2, 0.25) is 0 Å². The lowest BCUT2D eigenvalue weighted by atomic mass is 9.93. The van der Waals surface area contributed by atoms with E-state index in [0.29, 0.717) is 12.1 Å². The summed E-state index contributed by atoms with van der Waals surface area (Å²) < 4.78 is 0. The van der Waals surface area contributed by atoms with E-state index in [1.54, 1.807) is 0 Å². The van der Waals surface area contributed by atoms with Crippen LogP contribution in [0.15, 0.2) is 24.3 Å². The molecule has 1 aromatic carbocycles. The van der Waals surface area contributed by atoms with Crippen LogP contribution in [0, 0.1) is 11.8 Å². The Bertz CT molecular complexity index is 381. The zero-order valence-electron chi connectivity index (χ0n) is 12.9. The lowest BCUT2D eigenvalue weighted by Crippen LogP contribution is -2.34. The quantitative estimate of drug-likeness (QED) is 0.806. The summed E-state index contributed by atoms with van der Waals surface area (Å²) in [4.78, 5) is 0. The molecule has 1 aliphatic carbocycles. The molecule has 0 spiro atoms. The number of nitrogens with one attached hydrogen (secondary N) is 1. The second kappa shape index (κ2) is 6.56. The van der Waals surface area contributed by atoms with E-state index in [0.717, 1.165) is 18.3 Å². The van der Waals surface area contributed by atoms with Crippen molar-refractivity contribution in [2.75, 3.05) is 0 Å². The van der Waals surface area contributed by atoms with Crippen molar-refractivity contribution in [2.24, 2.45) is 11.8 Å². The van der Waals surface area contributed by atoms with Gasteiger partial charge in [0.2, 0.25) is 0 Å². The predicted octanol–water partition coefficient (Wildman–Crippen LogP) is 4.72. The Labute approximate surface area is 118 Å². The molecule has 1 saturated carbocycles. The summed E-state index contributed by atoms with van der Waals surface area (Å²) >= 11 is 0. The molecular formula is C18H29N. The monoisotopic (exact) mass is 259 g/mol. The van der Waals surface area contributed by atoms with Crippen LogP contribution in [0.3, 0.4) is 0 Å². The molecule has 1 aromatic rings. The summed E-state index contributed by atoms with van der Waals surface area (Å²) in [5.74, 6) is 1.74. The molecule has 1 N–H and O–H groups in total. The van der Waals surface area contributed by atoms with Crippen molar-refractivity contribution in [1.29, 1.82) is 0 Å². The van der Waals surface area contributed by atoms with Crippen LogP contribution < -0.4 is 5.32 Å². The van der Waals surface area contributed by atoms with E-state index < -0.39 is 0 Å². The topological polar surface area (TPSA) is 12.0 Å². The Morgan fingerprint density at radius 1 is 1.16 bits per heavy atom. The molecule has 106 valence electrons. The summed E-state index contributed by atoms with van der Waals surface area (Å²) in [5, 5.41) is 3.85. The Hall–Kier alpha value is -0.820. The van der Waals surface area contributed by atoms with E-state index in [2.05, 4.69) is 57.3 Å². The van der Waals surface area contributed by atoms with Gasteiger partial charge in [0.05, 0.1) is 0 Å². The predicted molar refractivity (Wildman–Crippen MR) is 83.3 cm³/mol. The van der Waals surface area contributed by atoms with Crippen LogP contribution in [0.5, 0.6) is 0 Å². The van der Waals surface area contributed by atoms with Crippen LogP contribution in [-0.4, -0.2) is 6.04 Å². The van der Waals surface area contributed by atoms with E-state index in [1.165, 1.54) is 30.4 Å². The molecule has 0 heterocycles. The molecule has 2 rings (SSSR count). The zero-order chi connectivity index (χ0) is 13.8. The molecule has 1 nitrogen and oxygen atoms in total. The van der Waals surface area contributed by atoms with Crippen molar-refractivity contribution in [1.82, 2.24) is 5.32 Å². The van der Waals surface area contributed by atoms with Gasteiger partial charge in [-0.2, -0.15) is 0 Å². The molecule has 0 saturated heterocycles. The second-order valence-corrected chi connectivity index (χ2v) is 6.19. The van der Waals surface area contributed by atoms with Gasteiger partial charge in [-0.05, 0) is 49.1 Å². The highest BCUT2D eigenvalue weighted by Gasteiger charge is 2.32. The second-order valence-electron chi connectivity index (χ2n) is 6.19. The summed E-state index contributed by atoms with van der Waals surface area (Å²) in [6, 6.07) is 10.3. The molecule has 0 amide bonds. The first-order chi connectivity index (χ1) is 9.15. The lowest BCUT2D eigenvalue weighted by molar-refractivity contribution is 0.327. The van der Waals surface area contributed by atoms with E-state index in [4.69, 9.17) is 0 Å². The maximum atomic E-state index is 3.85. The number of aryl methyl sites for hydroxylation is 1. The minimum absolute atomic E-state index is 0.467. The summed E-state index contributed by atoms with van der Waals surface area (Å²) in [7, 11) is 0. The van der Waals surface area contributed by atoms with Crippen molar-refractivity contribution in [3.05, 3.63) is 35.4 Å². The molecule has 19 heavy (non-hydrogen) atoms. The molecule has 1 heteroatoms. The molecule has 4 atom stereocenters. The van der Waals surface area contributed by atoms with Crippen LogP contribution in [0.1, 0.15) is 64.1 Å². The number of hydrogen-bond acceptors (Lipinski definition) is 1. The van der Waals surface area contributed by atoms with Gasteiger partial charge in [0.15, 0.2) is 0 Å². The fraction of sp³-hybridized carbons (Fsp3) is 0.667. The van der Waals surface area contributed by atoms with Gasteiger partial charge in [-0.1, -0.05) is 51.5 Å². The Morgan fingerprint density at radius 2 is 1.84 bits per heavy atom. The third kappa shape index (κ3) is 3.39. The van der Waals surface area contributed by atoms with Gasteiger partial charge in [-0.25, -0.2) is 0 Å². The Balaban J connectivity index is 1.95. The summed E-state index contributed by atoms with van der Waals surface area (Å²) in [6.45, 7) is 9.26. The third-order valence-corrected chi connectivity index (χ3v) is 5.10. The fourth-order valence-corrected chi connectivity index (χ4v) is 3.52. The summed E-state index contributed by atoms with van der Waals surface area (Å²) in [6.07, 6.45) is 5.20. The first-order valence-electron chi connectivity index (χ1n) is 8.00. The van der Waals surface area contributed by atoms with E-state index in [1.807, 2.05) is 0 Å². The van der Waals surface area contributed by atoms with Gasteiger partial charge in [0.1, 0.15) is 0 Å². The van der Waals surface area contributed by atoms with E-state index in [-0.39, 0.29) is 0 Å². The van der Waals surface area contributed by atoms with E-state index >= 15 is 0 Å². The third-order valence-electron chi connectivity index (χ3n) is 5.10. The number of benzene rings is 1. The maximum Gasteiger partial charge on any atom is 0.0294 e. The van der Waals surface area contributed by atoms with Gasteiger partial charge >= 0.3 is 0 Å². The average molecular weight is 259 g/mol. The maximum absolute atomic E-state index is 3.85. The van der Waals surface area contributed by atoms with Crippen LogP contribution in [0.25, 0.3) is 0 Å². The number of rotatable bonds is 5. The standard InChI is InChI=1S/C18H29N/c1-5-15-7-9-17(10-8-15)14(4)19-18-12-11-16(6-2)13(18)3/h7-10,13-14,16,18-19H,5-6,11-12H2,1-4H3. The molecule has 0 aromatic heterocycles. The smallest absolute Gasteiger partial charge is 0.0294 e. The molecule has 0 bridgehead atoms. The van der Waals surface area contributed by atoms with Gasteiger partial charge in [-0.15, -0.1) is 0 Å². The van der Waals surface area contributed by atoms with E-state index in [9.17, 15) is 0 Å². The molecule has 1 fully saturated rings. The first kappa shape index (κ1) is 14.6. The van der Waals surface area contributed by atoms with Gasteiger partial charge in [0, 0.05) is 12.1 Å². The minimum atomic E-state index is 0.467. The molecule has 1 aliphatic rings. The highest BCUT2D eigenvalue weighted by Crippen LogP contribution is 2.35. The highest BCUT2D eigenvalue weighted by atomic mass is 15.0. The largest absolute Gasteiger partial charge is 0.307 e. The number of hydrogen-bond donors (Lipinski definition) is 1. The average Bonchev–Trinajstić information content (AvgIpc) is 2.79. The van der Waals surface area contributed by atoms with Crippen LogP contribution in [-0.2, 0) is 6.42 Å². The first-order valence-corrected chi connectivity index (χ1v) is 8.00. The molecular weight excluding hydrogens is 230 g/mol. The van der Waals surface area contributed by atoms with Crippen molar-refractivity contribution in [2.45, 2.75) is 65.5 Å². The molecule has 0 radical (unpaired) electrons.